The van der Waals surface area contributed by atoms with Crippen molar-refractivity contribution in [2.45, 2.75) is 69.5 Å². The number of amides is 1. The van der Waals surface area contributed by atoms with Gasteiger partial charge in [0.1, 0.15) is 0 Å². The summed E-state index contributed by atoms with van der Waals surface area (Å²) in [6.07, 6.45) is 7.60. The van der Waals surface area contributed by atoms with Crippen LogP contribution in [0.3, 0.4) is 0 Å². The fourth-order valence-electron chi connectivity index (χ4n) is 7.54. The predicted molar refractivity (Wildman–Crippen MR) is 123 cm³/mol. The largest absolute Gasteiger partial charge is 0.373 e. The standard InChI is InChI=1S/C25H36N2O4S/c1-17-14-27(15-18(2)31-17)32(29,30)23-6-4-5-22(10-23)24(28)26(3)16-25-11-19-7-20(12-25)9-21(8-19)13-25/h4-6,10,17-21H,7-9,11-16H2,1-3H3/t17-,18-,19?,20?,21?,25?/m1/s1. The van der Waals surface area contributed by atoms with Crippen molar-refractivity contribution in [3.05, 3.63) is 29.8 Å². The van der Waals surface area contributed by atoms with Gasteiger partial charge in [0.25, 0.3) is 5.91 Å². The Bertz CT molecular complexity index is 946. The van der Waals surface area contributed by atoms with Gasteiger partial charge in [-0.15, -0.1) is 0 Å². The number of morpholine rings is 1. The first-order valence-corrected chi connectivity index (χ1v) is 13.6. The van der Waals surface area contributed by atoms with Gasteiger partial charge < -0.3 is 9.64 Å². The predicted octanol–water partition coefficient (Wildman–Crippen LogP) is 3.77. The molecule has 1 aliphatic heterocycles. The molecular weight excluding hydrogens is 424 g/mol. The topological polar surface area (TPSA) is 66.9 Å². The van der Waals surface area contributed by atoms with Crippen molar-refractivity contribution in [1.29, 1.82) is 0 Å². The number of sulfonamides is 1. The number of carbonyl (C=O) groups excluding carboxylic acids is 1. The van der Waals surface area contributed by atoms with Crippen LogP contribution in [0.25, 0.3) is 0 Å². The number of benzene rings is 1. The Labute approximate surface area is 192 Å². The minimum Gasteiger partial charge on any atom is -0.373 e. The van der Waals surface area contributed by atoms with Crippen molar-refractivity contribution in [1.82, 2.24) is 9.21 Å². The van der Waals surface area contributed by atoms with E-state index in [0.717, 1.165) is 24.3 Å². The van der Waals surface area contributed by atoms with E-state index in [1.54, 1.807) is 24.3 Å². The van der Waals surface area contributed by atoms with Crippen LogP contribution in [-0.4, -0.2) is 62.4 Å². The molecule has 1 saturated heterocycles. The van der Waals surface area contributed by atoms with Gasteiger partial charge in [0.2, 0.25) is 10.0 Å². The molecule has 1 amide bonds. The maximum Gasteiger partial charge on any atom is 0.253 e. The molecule has 5 fully saturated rings. The van der Waals surface area contributed by atoms with E-state index in [1.807, 2.05) is 25.8 Å². The van der Waals surface area contributed by atoms with E-state index in [1.165, 1.54) is 42.8 Å². The van der Waals surface area contributed by atoms with Crippen LogP contribution in [0.4, 0.5) is 0 Å². The van der Waals surface area contributed by atoms with Crippen molar-refractivity contribution in [3.8, 4) is 0 Å². The van der Waals surface area contributed by atoms with Crippen LogP contribution in [-0.2, 0) is 14.8 Å². The van der Waals surface area contributed by atoms with Crippen LogP contribution in [0.1, 0.15) is 62.7 Å². The van der Waals surface area contributed by atoms with Crippen LogP contribution in [0.5, 0.6) is 0 Å². The second-order valence-corrected chi connectivity index (χ2v) is 13.1. The normalized spacial score (nSPS) is 36.9. The molecule has 0 N–H and O–H groups in total. The van der Waals surface area contributed by atoms with Crippen molar-refractivity contribution < 1.29 is 17.9 Å². The van der Waals surface area contributed by atoms with Crippen molar-refractivity contribution in [3.63, 3.8) is 0 Å². The monoisotopic (exact) mass is 460 g/mol. The zero-order chi connectivity index (χ0) is 22.7. The van der Waals surface area contributed by atoms with E-state index in [4.69, 9.17) is 4.74 Å². The lowest BCUT2D eigenvalue weighted by molar-refractivity contribution is -0.0629. The minimum atomic E-state index is -3.67. The molecule has 4 bridgehead atoms. The van der Waals surface area contributed by atoms with Crippen LogP contribution >= 0.6 is 0 Å². The summed E-state index contributed by atoms with van der Waals surface area (Å²) in [7, 11) is -1.79. The highest BCUT2D eigenvalue weighted by molar-refractivity contribution is 7.89. The molecule has 0 radical (unpaired) electrons. The van der Waals surface area contributed by atoms with Crippen LogP contribution in [0.15, 0.2) is 29.2 Å². The molecule has 32 heavy (non-hydrogen) atoms. The molecule has 6 nitrogen and oxygen atoms in total. The van der Waals surface area contributed by atoms with Gasteiger partial charge in [-0.1, -0.05) is 6.07 Å². The van der Waals surface area contributed by atoms with Gasteiger partial charge in [0, 0.05) is 32.2 Å². The first kappa shape index (κ1) is 22.4. The second kappa shape index (κ2) is 8.10. The van der Waals surface area contributed by atoms with Gasteiger partial charge in [-0.3, -0.25) is 4.79 Å². The van der Waals surface area contributed by atoms with Crippen LogP contribution in [0, 0.1) is 23.2 Å². The molecular formula is C25H36N2O4S. The van der Waals surface area contributed by atoms with E-state index < -0.39 is 10.0 Å². The van der Waals surface area contributed by atoms with Gasteiger partial charge >= 0.3 is 0 Å². The third kappa shape index (κ3) is 4.12. The van der Waals surface area contributed by atoms with Gasteiger partial charge in [0.05, 0.1) is 17.1 Å². The van der Waals surface area contributed by atoms with Gasteiger partial charge in [-0.05, 0) is 93.7 Å². The summed E-state index contributed by atoms with van der Waals surface area (Å²) in [5.74, 6) is 2.45. The molecule has 176 valence electrons. The highest BCUT2D eigenvalue weighted by atomic mass is 32.2. The highest BCUT2D eigenvalue weighted by Gasteiger charge is 2.51. The summed E-state index contributed by atoms with van der Waals surface area (Å²) in [4.78, 5) is 15.4. The smallest absolute Gasteiger partial charge is 0.253 e. The lowest BCUT2D eigenvalue weighted by atomic mass is 9.49. The summed E-state index contributed by atoms with van der Waals surface area (Å²) in [5.41, 5.74) is 0.718. The highest BCUT2D eigenvalue weighted by Crippen LogP contribution is 2.60. The van der Waals surface area contributed by atoms with Crippen molar-refractivity contribution >= 4 is 15.9 Å². The summed E-state index contributed by atoms with van der Waals surface area (Å²) < 4.78 is 33.7. The molecule has 4 aliphatic carbocycles. The Morgan fingerprint density at radius 2 is 1.62 bits per heavy atom. The fourth-order valence-corrected chi connectivity index (χ4v) is 9.18. The Kier molecular flexibility index (Phi) is 5.66. The lowest BCUT2D eigenvalue weighted by Crippen LogP contribution is -2.51. The summed E-state index contributed by atoms with van der Waals surface area (Å²) >= 11 is 0. The molecule has 6 rings (SSSR count). The fraction of sp³-hybridized carbons (Fsp3) is 0.720. The van der Waals surface area contributed by atoms with E-state index in [0.29, 0.717) is 18.7 Å². The Balaban J connectivity index is 1.32. The number of rotatable bonds is 5. The van der Waals surface area contributed by atoms with E-state index in [2.05, 4.69) is 0 Å². The lowest BCUT2D eigenvalue weighted by Gasteiger charge is -2.57. The quantitative estimate of drug-likeness (QED) is 0.671. The Morgan fingerprint density at radius 1 is 1.06 bits per heavy atom. The number of carbonyl (C=O) groups is 1. The first-order chi connectivity index (χ1) is 15.1. The molecule has 0 spiro atoms. The molecule has 5 aliphatic rings. The first-order valence-electron chi connectivity index (χ1n) is 12.1. The average molecular weight is 461 g/mol. The number of nitrogens with zero attached hydrogens (tertiary/aromatic N) is 2. The van der Waals surface area contributed by atoms with Crippen LogP contribution < -0.4 is 0 Å². The summed E-state index contributed by atoms with van der Waals surface area (Å²) in [6.45, 7) is 5.22. The summed E-state index contributed by atoms with van der Waals surface area (Å²) in [6, 6.07) is 6.57. The van der Waals surface area contributed by atoms with Gasteiger partial charge in [0.15, 0.2) is 0 Å². The second-order valence-electron chi connectivity index (χ2n) is 11.2. The maximum atomic E-state index is 13.3. The Morgan fingerprint density at radius 3 is 2.19 bits per heavy atom. The zero-order valence-electron chi connectivity index (χ0n) is 19.5. The molecule has 0 aromatic heterocycles. The van der Waals surface area contributed by atoms with Gasteiger partial charge in [-0.25, -0.2) is 8.42 Å². The Hall–Kier alpha value is -1.44. The average Bonchev–Trinajstić information content (AvgIpc) is 2.71. The van der Waals surface area contributed by atoms with Crippen LogP contribution in [0.2, 0.25) is 0 Å². The van der Waals surface area contributed by atoms with Crippen molar-refractivity contribution in [2.24, 2.45) is 23.2 Å². The maximum absolute atomic E-state index is 13.3. The SMILES string of the molecule is C[C@@H]1CN(S(=O)(=O)c2cccc(C(=O)N(C)CC34CC5CC(CC(C5)C3)C4)c2)C[C@@H](C)O1. The molecule has 1 heterocycles. The minimum absolute atomic E-state index is 0.0819. The zero-order valence-corrected chi connectivity index (χ0v) is 20.3. The van der Waals surface area contributed by atoms with Gasteiger partial charge in [-0.2, -0.15) is 4.31 Å². The summed E-state index contributed by atoms with van der Waals surface area (Å²) in [5, 5.41) is 0. The van der Waals surface area contributed by atoms with Crippen molar-refractivity contribution in [2.75, 3.05) is 26.7 Å². The van der Waals surface area contributed by atoms with E-state index >= 15 is 0 Å². The molecule has 1 aromatic rings. The molecule has 1 aromatic carbocycles. The molecule has 7 heteroatoms. The van der Waals surface area contributed by atoms with E-state index in [-0.39, 0.29) is 28.4 Å². The molecule has 2 atom stereocenters. The third-order valence-electron chi connectivity index (χ3n) is 8.19. The third-order valence-corrected chi connectivity index (χ3v) is 10.0. The molecule has 0 unspecified atom stereocenters. The van der Waals surface area contributed by atoms with E-state index in [9.17, 15) is 13.2 Å². The number of hydrogen-bond acceptors (Lipinski definition) is 4. The number of ether oxygens (including phenoxy) is 1. The number of hydrogen-bond donors (Lipinski definition) is 0. The molecule has 4 saturated carbocycles.